The molecule has 0 aromatic heterocycles. The van der Waals surface area contributed by atoms with Crippen molar-refractivity contribution >= 4 is 11.9 Å². The van der Waals surface area contributed by atoms with Gasteiger partial charge in [-0.2, -0.15) is 0 Å². The zero-order valence-corrected chi connectivity index (χ0v) is 16.1. The van der Waals surface area contributed by atoms with Crippen molar-refractivity contribution in [1.82, 2.24) is 0 Å². The van der Waals surface area contributed by atoms with Crippen LogP contribution in [0.15, 0.2) is 0 Å². The third-order valence-electron chi connectivity index (χ3n) is 9.19. The zero-order valence-electron chi connectivity index (χ0n) is 16.1. The molecule has 0 radical (unpaired) electrons. The van der Waals surface area contributed by atoms with Gasteiger partial charge in [0, 0.05) is 11.3 Å². The lowest BCUT2D eigenvalue weighted by atomic mass is 9.39. The fourth-order valence-corrected chi connectivity index (χ4v) is 8.18. The van der Waals surface area contributed by atoms with Gasteiger partial charge < -0.3 is 14.2 Å². The van der Waals surface area contributed by atoms with Crippen molar-refractivity contribution in [2.24, 2.45) is 34.5 Å². The Morgan fingerprint density at radius 1 is 1.23 bits per heavy atom. The van der Waals surface area contributed by atoms with E-state index in [9.17, 15) is 9.59 Å². The number of carbonyl (C=O) groups is 2. The van der Waals surface area contributed by atoms with Crippen LogP contribution >= 0.6 is 0 Å². The van der Waals surface area contributed by atoms with Crippen molar-refractivity contribution in [1.29, 1.82) is 0 Å². The number of hydrogen-bond donors (Lipinski definition) is 0. The predicted molar refractivity (Wildman–Crippen MR) is 93.1 cm³/mol. The molecule has 5 nitrogen and oxygen atoms in total. The summed E-state index contributed by atoms with van der Waals surface area (Å²) in [6.07, 6.45) is 6.55. The Bertz CT molecular complexity index is 661. The van der Waals surface area contributed by atoms with Crippen LogP contribution in [0, 0.1) is 34.5 Å². The molecule has 0 aromatic carbocycles. The highest BCUT2D eigenvalue weighted by molar-refractivity contribution is 5.83. The van der Waals surface area contributed by atoms with E-state index >= 15 is 0 Å². The van der Waals surface area contributed by atoms with Gasteiger partial charge in [-0.1, -0.05) is 26.7 Å². The second-order valence-corrected chi connectivity index (χ2v) is 9.83. The number of fused-ring (bicyclic) bond motifs is 2. The smallest absolute Gasteiger partial charge is 0.338 e. The molecule has 144 valence electrons. The molecule has 5 aliphatic rings. The first-order valence-electron chi connectivity index (χ1n) is 10.3. The molecule has 2 bridgehead atoms. The number of hydrogen-bond acceptors (Lipinski definition) is 5. The highest BCUT2D eigenvalue weighted by Gasteiger charge is 2.77. The molecule has 5 unspecified atom stereocenters. The van der Waals surface area contributed by atoms with E-state index in [1.165, 1.54) is 26.4 Å². The topological polar surface area (TPSA) is 61.8 Å². The first-order chi connectivity index (χ1) is 12.4. The molecule has 3 aliphatic carbocycles. The summed E-state index contributed by atoms with van der Waals surface area (Å²) >= 11 is 0. The van der Waals surface area contributed by atoms with Crippen molar-refractivity contribution < 1.29 is 23.8 Å². The molecule has 2 heterocycles. The third-order valence-corrected chi connectivity index (χ3v) is 9.19. The van der Waals surface area contributed by atoms with E-state index in [-0.39, 0.29) is 34.8 Å². The lowest BCUT2D eigenvalue weighted by Crippen LogP contribution is -2.68. The van der Waals surface area contributed by atoms with Gasteiger partial charge in [-0.3, -0.25) is 4.79 Å². The van der Waals surface area contributed by atoms with E-state index in [0.29, 0.717) is 37.2 Å². The molecular weight excluding hydrogens is 332 g/mol. The van der Waals surface area contributed by atoms with Gasteiger partial charge in [-0.15, -0.1) is 0 Å². The Hall–Kier alpha value is -1.10. The Balaban J connectivity index is 1.64. The monoisotopic (exact) mass is 362 g/mol. The summed E-state index contributed by atoms with van der Waals surface area (Å²) in [5.74, 6) is 1.16. The van der Waals surface area contributed by atoms with Gasteiger partial charge in [0.2, 0.25) is 0 Å². The maximum atomic E-state index is 12.7. The molecule has 3 saturated carbocycles. The quantitative estimate of drug-likeness (QED) is 0.671. The molecule has 5 rings (SSSR count). The summed E-state index contributed by atoms with van der Waals surface area (Å²) < 4.78 is 17.4. The Morgan fingerprint density at radius 2 is 2.04 bits per heavy atom. The van der Waals surface area contributed by atoms with Gasteiger partial charge in [0.05, 0.1) is 20.1 Å². The highest BCUT2D eigenvalue weighted by atomic mass is 16.6. The lowest BCUT2D eigenvalue weighted by Gasteiger charge is -2.66. The largest absolute Gasteiger partial charge is 0.467 e. The molecule has 0 amide bonds. The van der Waals surface area contributed by atoms with E-state index in [1.54, 1.807) is 0 Å². The van der Waals surface area contributed by atoms with Crippen LogP contribution in [0.4, 0.5) is 0 Å². The SMILES string of the molecule is COC(=O)[C@]12CCC3[C@@]4(C)CCCC(C)C4CC4OC(=O)CC1[C@]43CO2. The predicted octanol–water partition coefficient (Wildman–Crippen LogP) is 3.10. The first kappa shape index (κ1) is 17.0. The van der Waals surface area contributed by atoms with Gasteiger partial charge in [0.1, 0.15) is 6.10 Å². The summed E-state index contributed by atoms with van der Waals surface area (Å²) in [4.78, 5) is 25.2. The minimum atomic E-state index is -0.938. The maximum Gasteiger partial charge on any atom is 0.338 e. The van der Waals surface area contributed by atoms with Crippen molar-refractivity contribution in [2.45, 2.75) is 70.5 Å². The summed E-state index contributed by atoms with van der Waals surface area (Å²) in [6, 6.07) is 0. The number of esters is 2. The van der Waals surface area contributed by atoms with Gasteiger partial charge in [0.15, 0.2) is 5.60 Å². The Morgan fingerprint density at radius 3 is 2.81 bits per heavy atom. The van der Waals surface area contributed by atoms with Crippen LogP contribution in [0.25, 0.3) is 0 Å². The fourth-order valence-electron chi connectivity index (χ4n) is 8.18. The van der Waals surface area contributed by atoms with Crippen LogP contribution in [-0.2, 0) is 23.8 Å². The molecule has 2 aliphatic heterocycles. The van der Waals surface area contributed by atoms with Gasteiger partial charge in [-0.05, 0) is 48.9 Å². The van der Waals surface area contributed by atoms with Crippen molar-refractivity contribution in [3.63, 3.8) is 0 Å². The number of methoxy groups -OCH3 is 1. The fraction of sp³-hybridized carbons (Fsp3) is 0.905. The zero-order chi connectivity index (χ0) is 18.3. The Labute approximate surface area is 155 Å². The second kappa shape index (κ2) is 5.24. The summed E-state index contributed by atoms with van der Waals surface area (Å²) in [5.41, 5.74) is -0.888. The molecule has 5 fully saturated rings. The van der Waals surface area contributed by atoms with Crippen LogP contribution in [0.3, 0.4) is 0 Å². The molecule has 0 N–H and O–H groups in total. The van der Waals surface area contributed by atoms with Gasteiger partial charge >= 0.3 is 11.9 Å². The highest BCUT2D eigenvalue weighted by Crippen LogP contribution is 2.72. The van der Waals surface area contributed by atoms with E-state index < -0.39 is 5.60 Å². The molecule has 0 aromatic rings. The first-order valence-corrected chi connectivity index (χ1v) is 10.3. The lowest BCUT2D eigenvalue weighted by molar-refractivity contribution is -0.237. The van der Waals surface area contributed by atoms with E-state index in [1.807, 2.05) is 0 Å². The van der Waals surface area contributed by atoms with Crippen LogP contribution < -0.4 is 0 Å². The van der Waals surface area contributed by atoms with Gasteiger partial charge in [-0.25, -0.2) is 4.79 Å². The third kappa shape index (κ3) is 1.76. The van der Waals surface area contributed by atoms with E-state index in [0.717, 1.165) is 12.8 Å². The van der Waals surface area contributed by atoms with E-state index in [4.69, 9.17) is 14.2 Å². The molecule has 1 spiro atoms. The second-order valence-electron chi connectivity index (χ2n) is 9.83. The normalized spacial score (nSPS) is 54.7. The minimum absolute atomic E-state index is 0.0949. The van der Waals surface area contributed by atoms with Crippen LogP contribution in [-0.4, -0.2) is 37.4 Å². The van der Waals surface area contributed by atoms with Crippen molar-refractivity contribution in [2.75, 3.05) is 13.7 Å². The molecule has 26 heavy (non-hydrogen) atoms. The summed E-state index contributed by atoms with van der Waals surface area (Å²) in [7, 11) is 1.43. The number of rotatable bonds is 1. The van der Waals surface area contributed by atoms with Crippen molar-refractivity contribution in [3.05, 3.63) is 0 Å². The summed E-state index contributed by atoms with van der Waals surface area (Å²) in [6.45, 7) is 5.38. The van der Waals surface area contributed by atoms with Crippen LogP contribution in [0.2, 0.25) is 0 Å². The maximum absolute atomic E-state index is 12.7. The van der Waals surface area contributed by atoms with Crippen molar-refractivity contribution in [3.8, 4) is 0 Å². The average molecular weight is 362 g/mol. The molecule has 8 atom stereocenters. The Kier molecular flexibility index (Phi) is 3.43. The number of ether oxygens (including phenoxy) is 3. The summed E-state index contributed by atoms with van der Waals surface area (Å²) in [5, 5.41) is 0. The van der Waals surface area contributed by atoms with Gasteiger partial charge in [0.25, 0.3) is 0 Å². The molecular formula is C21H30O5. The number of carbonyl (C=O) groups excluding carboxylic acids is 2. The molecule has 5 heteroatoms. The average Bonchev–Trinajstić information content (AvgIpc) is 2.82. The van der Waals surface area contributed by atoms with E-state index in [2.05, 4.69) is 13.8 Å². The molecule has 2 saturated heterocycles. The van der Waals surface area contributed by atoms with Crippen LogP contribution in [0.1, 0.15) is 58.8 Å². The minimum Gasteiger partial charge on any atom is -0.467 e. The van der Waals surface area contributed by atoms with Crippen LogP contribution in [0.5, 0.6) is 0 Å². The standard InChI is InChI=1S/C21H30O5/c1-12-5-4-7-19(2)13(12)9-16-20-11-25-21(18(23)24-3,8-6-14(19)20)15(20)10-17(22)26-16/h12-16H,4-11H2,1-3H3/t12?,13?,14?,15?,16?,19-,20+,21-/m0/s1.